The minimum atomic E-state index is -0.491. The number of nitrogen functional groups attached to an aromatic ring is 1. The van der Waals surface area contributed by atoms with E-state index >= 15 is 0 Å². The van der Waals surface area contributed by atoms with E-state index < -0.39 is 4.92 Å². The van der Waals surface area contributed by atoms with E-state index in [0.717, 1.165) is 5.56 Å². The predicted molar refractivity (Wildman–Crippen MR) is 73.8 cm³/mol. The van der Waals surface area contributed by atoms with Crippen molar-refractivity contribution in [1.82, 2.24) is 4.98 Å². The van der Waals surface area contributed by atoms with Crippen LogP contribution in [0.4, 0.5) is 17.3 Å². The lowest BCUT2D eigenvalue weighted by Gasteiger charge is -2.06. The van der Waals surface area contributed by atoms with Gasteiger partial charge >= 0.3 is 0 Å². The number of nitrogens with zero attached hydrogens (tertiary/aromatic N) is 2. The third-order valence-electron chi connectivity index (χ3n) is 2.63. The summed E-state index contributed by atoms with van der Waals surface area (Å²) in [5.41, 5.74) is 7.71. The van der Waals surface area contributed by atoms with E-state index in [9.17, 15) is 10.1 Å². The summed E-state index contributed by atoms with van der Waals surface area (Å²) in [7, 11) is 0. The standard InChI is InChI=1S/C13H14N4O2/c1-9-2-4-10(5-3-9)8-15-13-7-11(17(18)19)6-12(14)16-13/h2-7H,8H2,1H3,(H3,14,15,16). The van der Waals surface area contributed by atoms with E-state index in [0.29, 0.717) is 12.4 Å². The molecule has 98 valence electrons. The average molecular weight is 258 g/mol. The zero-order valence-electron chi connectivity index (χ0n) is 10.5. The second-order valence-electron chi connectivity index (χ2n) is 4.23. The molecule has 1 heterocycles. The summed E-state index contributed by atoms with van der Waals surface area (Å²) >= 11 is 0. The highest BCUT2D eigenvalue weighted by atomic mass is 16.6. The second kappa shape index (κ2) is 5.34. The molecule has 2 rings (SSSR count). The van der Waals surface area contributed by atoms with Crippen molar-refractivity contribution in [2.45, 2.75) is 13.5 Å². The smallest absolute Gasteiger partial charge is 0.276 e. The molecule has 1 aromatic carbocycles. The molecule has 6 heteroatoms. The fraction of sp³-hybridized carbons (Fsp3) is 0.154. The number of hydrogen-bond donors (Lipinski definition) is 2. The molecule has 0 saturated carbocycles. The largest absolute Gasteiger partial charge is 0.383 e. The van der Waals surface area contributed by atoms with Crippen LogP contribution in [0.15, 0.2) is 36.4 Å². The summed E-state index contributed by atoms with van der Waals surface area (Å²) < 4.78 is 0. The van der Waals surface area contributed by atoms with E-state index in [1.54, 1.807) is 0 Å². The lowest BCUT2D eigenvalue weighted by atomic mass is 10.1. The Bertz CT molecular complexity index is 596. The lowest BCUT2D eigenvalue weighted by Crippen LogP contribution is -2.04. The maximum absolute atomic E-state index is 10.7. The minimum absolute atomic E-state index is 0.0705. The zero-order valence-corrected chi connectivity index (χ0v) is 10.5. The Hall–Kier alpha value is -2.63. The van der Waals surface area contributed by atoms with Gasteiger partial charge in [-0.25, -0.2) is 4.98 Å². The van der Waals surface area contributed by atoms with Crippen molar-refractivity contribution in [3.05, 3.63) is 57.6 Å². The summed E-state index contributed by atoms with van der Waals surface area (Å²) in [6.07, 6.45) is 0. The van der Waals surface area contributed by atoms with Crippen molar-refractivity contribution < 1.29 is 4.92 Å². The van der Waals surface area contributed by atoms with Crippen LogP contribution < -0.4 is 11.1 Å². The maximum Gasteiger partial charge on any atom is 0.276 e. The fourth-order valence-electron chi connectivity index (χ4n) is 1.63. The Morgan fingerprint density at radius 2 is 2.00 bits per heavy atom. The molecular weight excluding hydrogens is 244 g/mol. The Balaban J connectivity index is 2.11. The molecule has 0 fully saturated rings. The molecule has 19 heavy (non-hydrogen) atoms. The third kappa shape index (κ3) is 3.41. The van der Waals surface area contributed by atoms with Crippen LogP contribution in [0.25, 0.3) is 0 Å². The van der Waals surface area contributed by atoms with Crippen LogP contribution in [0, 0.1) is 17.0 Å². The number of aromatic nitrogens is 1. The molecule has 0 aliphatic heterocycles. The van der Waals surface area contributed by atoms with Crippen LogP contribution >= 0.6 is 0 Å². The minimum Gasteiger partial charge on any atom is -0.383 e. The van der Waals surface area contributed by atoms with Gasteiger partial charge in [-0.15, -0.1) is 0 Å². The maximum atomic E-state index is 10.7. The van der Waals surface area contributed by atoms with Gasteiger partial charge in [0.2, 0.25) is 0 Å². The van der Waals surface area contributed by atoms with Crippen molar-refractivity contribution in [1.29, 1.82) is 0 Å². The molecule has 0 atom stereocenters. The monoisotopic (exact) mass is 258 g/mol. The molecule has 0 aliphatic rings. The first-order valence-electron chi connectivity index (χ1n) is 5.76. The zero-order chi connectivity index (χ0) is 13.8. The first kappa shape index (κ1) is 12.8. The fourth-order valence-corrected chi connectivity index (χ4v) is 1.63. The molecule has 0 saturated heterocycles. The van der Waals surface area contributed by atoms with Crippen molar-refractivity contribution in [2.75, 3.05) is 11.1 Å². The summed E-state index contributed by atoms with van der Waals surface area (Å²) in [4.78, 5) is 14.2. The van der Waals surface area contributed by atoms with Crippen molar-refractivity contribution in [3.8, 4) is 0 Å². The van der Waals surface area contributed by atoms with Gasteiger partial charge in [-0.3, -0.25) is 10.1 Å². The van der Waals surface area contributed by atoms with Gasteiger partial charge in [0.05, 0.1) is 17.1 Å². The molecule has 0 amide bonds. The van der Waals surface area contributed by atoms with E-state index in [4.69, 9.17) is 5.73 Å². The highest BCUT2D eigenvalue weighted by Gasteiger charge is 2.09. The number of anilines is 2. The van der Waals surface area contributed by atoms with Gasteiger partial charge in [0, 0.05) is 6.54 Å². The van der Waals surface area contributed by atoms with Gasteiger partial charge in [0.1, 0.15) is 11.6 Å². The van der Waals surface area contributed by atoms with E-state index in [2.05, 4.69) is 10.3 Å². The lowest BCUT2D eigenvalue weighted by molar-refractivity contribution is -0.384. The summed E-state index contributed by atoms with van der Waals surface area (Å²) in [6, 6.07) is 10.6. The van der Waals surface area contributed by atoms with Crippen LogP contribution in [0.1, 0.15) is 11.1 Å². The van der Waals surface area contributed by atoms with Crippen LogP contribution in [-0.2, 0) is 6.54 Å². The number of aryl methyl sites for hydroxylation is 1. The predicted octanol–water partition coefficient (Wildman–Crippen LogP) is 2.49. The summed E-state index contributed by atoms with van der Waals surface area (Å²) in [5, 5.41) is 13.7. The number of benzene rings is 1. The van der Waals surface area contributed by atoms with Crippen LogP contribution in [-0.4, -0.2) is 9.91 Å². The molecule has 1 aromatic heterocycles. The first-order chi connectivity index (χ1) is 9.04. The number of hydrogen-bond acceptors (Lipinski definition) is 5. The number of pyridine rings is 1. The first-order valence-corrected chi connectivity index (χ1v) is 5.76. The van der Waals surface area contributed by atoms with Crippen molar-refractivity contribution in [2.24, 2.45) is 0 Å². The average Bonchev–Trinajstić information content (AvgIpc) is 2.37. The Labute approximate surface area is 110 Å². The Kier molecular flexibility index (Phi) is 3.61. The second-order valence-corrected chi connectivity index (χ2v) is 4.23. The van der Waals surface area contributed by atoms with Gasteiger partial charge in [0.25, 0.3) is 5.69 Å². The molecule has 3 N–H and O–H groups in total. The molecule has 6 nitrogen and oxygen atoms in total. The quantitative estimate of drug-likeness (QED) is 0.649. The summed E-state index contributed by atoms with van der Waals surface area (Å²) in [5.74, 6) is 0.521. The molecule has 0 spiro atoms. The topological polar surface area (TPSA) is 94.1 Å². The van der Waals surface area contributed by atoms with E-state index in [1.807, 2.05) is 31.2 Å². The highest BCUT2D eigenvalue weighted by Crippen LogP contribution is 2.19. The van der Waals surface area contributed by atoms with Crippen molar-refractivity contribution >= 4 is 17.3 Å². The molecule has 0 aliphatic carbocycles. The van der Waals surface area contributed by atoms with Gasteiger partial charge < -0.3 is 11.1 Å². The third-order valence-corrected chi connectivity index (χ3v) is 2.63. The van der Waals surface area contributed by atoms with Gasteiger partial charge in [-0.05, 0) is 12.5 Å². The van der Waals surface area contributed by atoms with Crippen molar-refractivity contribution in [3.63, 3.8) is 0 Å². The highest BCUT2D eigenvalue weighted by molar-refractivity contribution is 5.52. The Morgan fingerprint density at radius 3 is 2.63 bits per heavy atom. The summed E-state index contributed by atoms with van der Waals surface area (Å²) in [6.45, 7) is 2.55. The number of rotatable bonds is 4. The molecular formula is C13H14N4O2. The van der Waals surface area contributed by atoms with Crippen LogP contribution in [0.2, 0.25) is 0 Å². The molecule has 0 unspecified atom stereocenters. The molecule has 0 radical (unpaired) electrons. The Morgan fingerprint density at radius 1 is 1.32 bits per heavy atom. The molecule has 0 bridgehead atoms. The normalized spacial score (nSPS) is 10.2. The van der Waals surface area contributed by atoms with Gasteiger partial charge in [-0.2, -0.15) is 0 Å². The number of nitrogens with one attached hydrogen (secondary N) is 1. The molecule has 2 aromatic rings. The van der Waals surface area contributed by atoms with E-state index in [1.165, 1.54) is 17.7 Å². The van der Waals surface area contributed by atoms with Gasteiger partial charge in [-0.1, -0.05) is 29.8 Å². The number of nitro groups is 1. The van der Waals surface area contributed by atoms with Crippen LogP contribution in [0.5, 0.6) is 0 Å². The SMILES string of the molecule is Cc1ccc(CNc2cc([N+](=O)[O-])cc(N)n2)cc1. The van der Waals surface area contributed by atoms with Gasteiger partial charge in [0.15, 0.2) is 0 Å². The van der Waals surface area contributed by atoms with Crippen LogP contribution in [0.3, 0.4) is 0 Å². The van der Waals surface area contributed by atoms with E-state index in [-0.39, 0.29) is 11.5 Å². The number of nitrogens with two attached hydrogens (primary N) is 1.